The number of halogens is 1. The molecule has 0 bridgehead atoms. The first-order chi connectivity index (χ1) is 7.20. The zero-order valence-corrected chi connectivity index (χ0v) is 8.66. The maximum Gasteiger partial charge on any atom is 0.143 e. The van der Waals surface area contributed by atoms with Crippen LogP contribution < -0.4 is 15.8 Å². The number of rotatable bonds is 1. The SMILES string of the molecule is CC[C@H]1Oc2ccc(F)cc2NC[C@@H]1N. The van der Waals surface area contributed by atoms with Crippen LogP contribution in [0.25, 0.3) is 0 Å². The maximum absolute atomic E-state index is 13.0. The standard InChI is InChI=1S/C11H15FN2O/c1-2-10-8(13)6-14-9-5-7(12)3-4-11(9)15-10/h3-5,8,10,14H,2,6,13H2,1H3/t8-,10+/m0/s1. The molecule has 1 heterocycles. The Hall–Kier alpha value is -1.29. The van der Waals surface area contributed by atoms with Crippen LogP contribution in [0.15, 0.2) is 18.2 Å². The van der Waals surface area contributed by atoms with Crippen LogP contribution in [-0.2, 0) is 0 Å². The Balaban J connectivity index is 2.29. The first kappa shape index (κ1) is 10.2. The highest BCUT2D eigenvalue weighted by atomic mass is 19.1. The van der Waals surface area contributed by atoms with E-state index in [0.29, 0.717) is 18.0 Å². The molecule has 15 heavy (non-hydrogen) atoms. The van der Waals surface area contributed by atoms with E-state index in [0.717, 1.165) is 6.42 Å². The van der Waals surface area contributed by atoms with Gasteiger partial charge >= 0.3 is 0 Å². The van der Waals surface area contributed by atoms with Crippen molar-refractivity contribution >= 4 is 5.69 Å². The van der Waals surface area contributed by atoms with E-state index in [-0.39, 0.29) is 18.0 Å². The molecule has 0 unspecified atom stereocenters. The number of hydrogen-bond acceptors (Lipinski definition) is 3. The Morgan fingerprint density at radius 3 is 3.13 bits per heavy atom. The maximum atomic E-state index is 13.0. The fraction of sp³-hybridized carbons (Fsp3) is 0.455. The summed E-state index contributed by atoms with van der Waals surface area (Å²) in [6, 6.07) is 4.40. The monoisotopic (exact) mass is 210 g/mol. The first-order valence-corrected chi connectivity index (χ1v) is 5.16. The Labute approximate surface area is 88.4 Å². The second-order valence-corrected chi connectivity index (χ2v) is 3.75. The van der Waals surface area contributed by atoms with Gasteiger partial charge in [0.1, 0.15) is 17.7 Å². The van der Waals surface area contributed by atoms with E-state index < -0.39 is 0 Å². The predicted octanol–water partition coefficient (Wildman–Crippen LogP) is 1.74. The molecule has 0 radical (unpaired) electrons. The van der Waals surface area contributed by atoms with E-state index in [9.17, 15) is 4.39 Å². The van der Waals surface area contributed by atoms with Crippen LogP contribution in [0.3, 0.4) is 0 Å². The minimum atomic E-state index is -0.270. The average Bonchev–Trinajstić information content (AvgIpc) is 2.38. The summed E-state index contributed by atoms with van der Waals surface area (Å²) in [5.41, 5.74) is 6.61. The van der Waals surface area contributed by atoms with Crippen LogP contribution in [0.1, 0.15) is 13.3 Å². The summed E-state index contributed by atoms with van der Waals surface area (Å²) in [5.74, 6) is 0.407. The molecular weight excluding hydrogens is 195 g/mol. The van der Waals surface area contributed by atoms with Gasteiger partial charge in [0.2, 0.25) is 0 Å². The zero-order valence-electron chi connectivity index (χ0n) is 8.66. The van der Waals surface area contributed by atoms with E-state index in [1.807, 2.05) is 6.92 Å². The lowest BCUT2D eigenvalue weighted by atomic mass is 10.1. The molecule has 2 rings (SSSR count). The largest absolute Gasteiger partial charge is 0.487 e. The van der Waals surface area contributed by atoms with Crippen LogP contribution in [0.5, 0.6) is 5.75 Å². The molecule has 3 N–H and O–H groups in total. The van der Waals surface area contributed by atoms with Crippen molar-refractivity contribution in [1.29, 1.82) is 0 Å². The van der Waals surface area contributed by atoms with Crippen molar-refractivity contribution in [2.24, 2.45) is 5.73 Å². The number of fused-ring (bicyclic) bond motifs is 1. The molecule has 1 aromatic rings. The van der Waals surface area contributed by atoms with Crippen LogP contribution in [-0.4, -0.2) is 18.7 Å². The highest BCUT2D eigenvalue weighted by Gasteiger charge is 2.22. The second-order valence-electron chi connectivity index (χ2n) is 3.75. The van der Waals surface area contributed by atoms with Crippen molar-refractivity contribution in [3.8, 4) is 5.75 Å². The minimum absolute atomic E-state index is 0.00999. The summed E-state index contributed by atoms with van der Waals surface area (Å²) in [6.45, 7) is 2.63. The highest BCUT2D eigenvalue weighted by Crippen LogP contribution is 2.29. The molecule has 1 aromatic carbocycles. The van der Waals surface area contributed by atoms with Crippen molar-refractivity contribution < 1.29 is 9.13 Å². The number of hydrogen-bond donors (Lipinski definition) is 2. The van der Waals surface area contributed by atoms with Gasteiger partial charge in [-0.2, -0.15) is 0 Å². The van der Waals surface area contributed by atoms with Gasteiger partial charge in [-0.3, -0.25) is 0 Å². The minimum Gasteiger partial charge on any atom is -0.487 e. The Bertz CT molecular complexity index is 356. The van der Waals surface area contributed by atoms with Crippen molar-refractivity contribution in [3.63, 3.8) is 0 Å². The van der Waals surface area contributed by atoms with Crippen molar-refractivity contribution in [2.75, 3.05) is 11.9 Å². The molecule has 4 heteroatoms. The number of nitrogens with one attached hydrogen (secondary N) is 1. The molecule has 0 aliphatic carbocycles. The smallest absolute Gasteiger partial charge is 0.143 e. The van der Waals surface area contributed by atoms with Crippen molar-refractivity contribution in [3.05, 3.63) is 24.0 Å². The van der Waals surface area contributed by atoms with Crippen LogP contribution in [0.2, 0.25) is 0 Å². The zero-order chi connectivity index (χ0) is 10.8. The predicted molar refractivity (Wildman–Crippen MR) is 57.6 cm³/mol. The van der Waals surface area contributed by atoms with Gasteiger partial charge in [-0.05, 0) is 18.6 Å². The van der Waals surface area contributed by atoms with Gasteiger partial charge in [-0.1, -0.05) is 6.92 Å². The van der Waals surface area contributed by atoms with Crippen LogP contribution in [0.4, 0.5) is 10.1 Å². The van der Waals surface area contributed by atoms with Gasteiger partial charge in [0.25, 0.3) is 0 Å². The lowest BCUT2D eigenvalue weighted by molar-refractivity contribution is 0.176. The van der Waals surface area contributed by atoms with E-state index in [2.05, 4.69) is 5.32 Å². The highest BCUT2D eigenvalue weighted by molar-refractivity contribution is 5.57. The Morgan fingerprint density at radius 2 is 2.40 bits per heavy atom. The normalized spacial score (nSPS) is 24.7. The molecule has 2 atom stereocenters. The third-order valence-electron chi connectivity index (χ3n) is 2.63. The van der Waals surface area contributed by atoms with E-state index in [4.69, 9.17) is 10.5 Å². The number of nitrogens with two attached hydrogens (primary N) is 1. The van der Waals surface area contributed by atoms with E-state index in [1.54, 1.807) is 6.07 Å². The van der Waals surface area contributed by atoms with Gasteiger partial charge in [-0.15, -0.1) is 0 Å². The van der Waals surface area contributed by atoms with Gasteiger partial charge in [0.05, 0.1) is 11.7 Å². The van der Waals surface area contributed by atoms with Crippen molar-refractivity contribution in [1.82, 2.24) is 0 Å². The molecule has 3 nitrogen and oxygen atoms in total. The van der Waals surface area contributed by atoms with Gasteiger partial charge < -0.3 is 15.8 Å². The van der Waals surface area contributed by atoms with Gasteiger partial charge in [-0.25, -0.2) is 4.39 Å². The number of benzene rings is 1. The molecule has 0 saturated heterocycles. The van der Waals surface area contributed by atoms with E-state index in [1.165, 1.54) is 12.1 Å². The molecule has 0 fully saturated rings. The Morgan fingerprint density at radius 1 is 1.60 bits per heavy atom. The summed E-state index contributed by atoms with van der Waals surface area (Å²) in [7, 11) is 0. The Kier molecular flexibility index (Phi) is 2.77. The lowest BCUT2D eigenvalue weighted by Crippen LogP contribution is -2.41. The van der Waals surface area contributed by atoms with Gasteiger partial charge in [0.15, 0.2) is 0 Å². The number of ether oxygens (including phenoxy) is 1. The summed E-state index contributed by atoms with van der Waals surface area (Å²) in [4.78, 5) is 0. The van der Waals surface area contributed by atoms with Crippen LogP contribution in [0, 0.1) is 5.82 Å². The summed E-state index contributed by atoms with van der Waals surface area (Å²) >= 11 is 0. The molecular formula is C11H15FN2O. The van der Waals surface area contributed by atoms with Gasteiger partial charge in [0, 0.05) is 12.6 Å². The molecule has 0 aromatic heterocycles. The molecule has 0 amide bonds. The fourth-order valence-corrected chi connectivity index (χ4v) is 1.74. The topological polar surface area (TPSA) is 47.3 Å². The fourth-order valence-electron chi connectivity index (χ4n) is 1.74. The summed E-state index contributed by atoms with van der Waals surface area (Å²) in [5, 5.41) is 3.09. The lowest BCUT2D eigenvalue weighted by Gasteiger charge is -2.20. The first-order valence-electron chi connectivity index (χ1n) is 5.16. The molecule has 1 aliphatic heterocycles. The second kappa shape index (κ2) is 4.06. The van der Waals surface area contributed by atoms with Crippen molar-refractivity contribution in [2.45, 2.75) is 25.5 Å². The third-order valence-corrected chi connectivity index (χ3v) is 2.63. The average molecular weight is 210 g/mol. The molecule has 0 spiro atoms. The molecule has 1 aliphatic rings. The van der Waals surface area contributed by atoms with Crippen LogP contribution >= 0.6 is 0 Å². The quantitative estimate of drug-likeness (QED) is 0.742. The van der Waals surface area contributed by atoms with E-state index >= 15 is 0 Å². The third kappa shape index (κ3) is 2.04. The summed E-state index contributed by atoms with van der Waals surface area (Å²) < 4.78 is 18.7. The summed E-state index contributed by atoms with van der Waals surface area (Å²) in [6.07, 6.45) is 0.837. The molecule has 82 valence electrons. The molecule has 0 saturated carbocycles. The number of anilines is 1.